The number of aromatic nitrogens is 4. The molecule has 3 aliphatic heterocycles. The van der Waals surface area contributed by atoms with Crippen LogP contribution in [0, 0.1) is 0 Å². The van der Waals surface area contributed by atoms with Gasteiger partial charge in [-0.2, -0.15) is 9.97 Å². The van der Waals surface area contributed by atoms with Crippen LogP contribution in [0.4, 0.5) is 10.7 Å². The quantitative estimate of drug-likeness (QED) is 0.280. The minimum absolute atomic E-state index is 0.00422. The second-order valence-corrected chi connectivity index (χ2v) is 12.9. The van der Waals surface area contributed by atoms with Crippen LogP contribution in [0.2, 0.25) is 5.02 Å². The summed E-state index contributed by atoms with van der Waals surface area (Å²) < 4.78 is 55.5. The molecule has 1 saturated carbocycles. The second-order valence-electron chi connectivity index (χ2n) is 10.9. The Morgan fingerprint density at radius 3 is 2.88 bits per heavy atom. The fourth-order valence-electron chi connectivity index (χ4n) is 5.96. The summed E-state index contributed by atoms with van der Waals surface area (Å²) >= 11 is 6.12. The molecule has 6 unspecified atom stereocenters. The van der Waals surface area contributed by atoms with E-state index in [0.717, 1.165) is 31.2 Å². The number of hydrogen-bond acceptors (Lipinski definition) is 13. The van der Waals surface area contributed by atoms with Crippen LogP contribution in [0.1, 0.15) is 56.9 Å². The van der Waals surface area contributed by atoms with Crippen LogP contribution in [0.25, 0.3) is 11.2 Å². The van der Waals surface area contributed by atoms with Crippen molar-refractivity contribution in [1.29, 1.82) is 0 Å². The number of nitrogen functional groups attached to an aromatic ring is 1. The minimum Gasteiger partial charge on any atom is -0.473 e. The van der Waals surface area contributed by atoms with Gasteiger partial charge in [0.15, 0.2) is 29.1 Å². The highest BCUT2D eigenvalue weighted by molar-refractivity contribution is 7.48. The topological polar surface area (TPSA) is 168 Å². The number of nitrogens with two attached hydrogens (primary N) is 1. The number of phosphoric acid groups is 1. The standard InChI is InChI=1S/C26H29ClN5O9P/c1-26-20(39-25(33)40-26)18(12-36-42(34)35-10-9-17(41-42)14-5-4-6-15(27)11-14)38-23(26)32-13-29-19-21(32)30-24(28)31-22(19)37-16-7-2-3-8-16/h4-6,11,13,16-18,20,23H,2-3,7-10,12H2,1H3,(H2,28,30,31). The van der Waals surface area contributed by atoms with E-state index in [0.29, 0.717) is 22.6 Å². The summed E-state index contributed by atoms with van der Waals surface area (Å²) in [6, 6.07) is 7.09. The molecule has 224 valence electrons. The van der Waals surface area contributed by atoms with Crippen LogP contribution in [-0.2, 0) is 32.3 Å². The number of fused-ring (bicyclic) bond motifs is 2. The van der Waals surface area contributed by atoms with Gasteiger partial charge in [-0.05, 0) is 50.3 Å². The fourth-order valence-corrected chi connectivity index (χ4v) is 7.55. The molecule has 3 saturated heterocycles. The van der Waals surface area contributed by atoms with Crippen LogP contribution in [0.3, 0.4) is 0 Å². The second kappa shape index (κ2) is 10.6. The van der Waals surface area contributed by atoms with E-state index in [4.69, 9.17) is 49.9 Å². The van der Waals surface area contributed by atoms with E-state index in [9.17, 15) is 9.36 Å². The molecule has 4 fully saturated rings. The van der Waals surface area contributed by atoms with Crippen molar-refractivity contribution in [3.8, 4) is 5.88 Å². The number of rotatable bonds is 7. The minimum atomic E-state index is -4.00. The summed E-state index contributed by atoms with van der Waals surface area (Å²) in [4.78, 5) is 25.5. The largest absolute Gasteiger partial charge is 0.509 e. The molecule has 2 aromatic heterocycles. The van der Waals surface area contributed by atoms with Crippen molar-refractivity contribution in [2.24, 2.45) is 0 Å². The lowest BCUT2D eigenvalue weighted by atomic mass is 9.96. The van der Waals surface area contributed by atoms with Gasteiger partial charge in [-0.15, -0.1) is 0 Å². The summed E-state index contributed by atoms with van der Waals surface area (Å²) in [5.41, 5.74) is 6.21. The maximum absolute atomic E-state index is 13.4. The zero-order valence-electron chi connectivity index (χ0n) is 22.6. The molecule has 6 atom stereocenters. The number of benzene rings is 1. The summed E-state index contributed by atoms with van der Waals surface area (Å²) in [5, 5.41) is 0.530. The molecular weight excluding hydrogens is 593 g/mol. The third kappa shape index (κ3) is 4.99. The Morgan fingerprint density at radius 2 is 2.07 bits per heavy atom. The van der Waals surface area contributed by atoms with E-state index in [1.165, 1.54) is 6.33 Å². The molecule has 14 nitrogen and oxygen atoms in total. The number of anilines is 1. The molecular formula is C26H29ClN5O9P. The van der Waals surface area contributed by atoms with Crippen LogP contribution in [0.15, 0.2) is 30.6 Å². The highest BCUT2D eigenvalue weighted by Crippen LogP contribution is 2.58. The van der Waals surface area contributed by atoms with Crippen molar-refractivity contribution in [2.45, 2.75) is 75.3 Å². The van der Waals surface area contributed by atoms with Gasteiger partial charge in [-0.3, -0.25) is 18.1 Å². The van der Waals surface area contributed by atoms with E-state index in [-0.39, 0.29) is 31.1 Å². The number of nitrogens with zero attached hydrogens (tertiary/aromatic N) is 4. The predicted molar refractivity (Wildman–Crippen MR) is 146 cm³/mol. The normalized spacial score (nSPS) is 33.0. The van der Waals surface area contributed by atoms with Crippen molar-refractivity contribution < 1.29 is 41.9 Å². The van der Waals surface area contributed by atoms with Crippen LogP contribution < -0.4 is 10.5 Å². The fraction of sp³-hybridized carbons (Fsp3) is 0.538. The number of carbonyl (C=O) groups excluding carboxylic acids is 1. The van der Waals surface area contributed by atoms with E-state index in [1.807, 2.05) is 6.07 Å². The van der Waals surface area contributed by atoms with Crippen LogP contribution in [-0.4, -0.2) is 62.8 Å². The maximum atomic E-state index is 13.4. The first-order chi connectivity index (χ1) is 20.2. The van der Waals surface area contributed by atoms with Gasteiger partial charge >= 0.3 is 14.0 Å². The zero-order valence-corrected chi connectivity index (χ0v) is 24.2. The van der Waals surface area contributed by atoms with E-state index < -0.39 is 44.1 Å². The summed E-state index contributed by atoms with van der Waals surface area (Å²) in [6.45, 7) is 1.53. The molecule has 0 bridgehead atoms. The van der Waals surface area contributed by atoms with Crippen molar-refractivity contribution in [3.05, 3.63) is 41.2 Å². The number of hydrogen-bond donors (Lipinski definition) is 1. The molecule has 0 spiro atoms. The molecule has 2 N–H and O–H groups in total. The van der Waals surface area contributed by atoms with Crippen molar-refractivity contribution in [1.82, 2.24) is 19.5 Å². The molecule has 7 rings (SSSR count). The van der Waals surface area contributed by atoms with Crippen LogP contribution >= 0.6 is 19.4 Å². The highest BCUT2D eigenvalue weighted by Gasteiger charge is 2.64. The Labute approximate surface area is 245 Å². The first kappa shape index (κ1) is 27.8. The molecule has 0 radical (unpaired) electrons. The molecule has 16 heteroatoms. The smallest absolute Gasteiger partial charge is 0.473 e. The van der Waals surface area contributed by atoms with Gasteiger partial charge in [-0.25, -0.2) is 14.3 Å². The lowest BCUT2D eigenvalue weighted by Crippen LogP contribution is -2.42. The summed E-state index contributed by atoms with van der Waals surface area (Å²) in [7, 11) is -4.00. The average Bonchev–Trinajstić information content (AvgIpc) is 3.72. The van der Waals surface area contributed by atoms with Crippen LogP contribution in [0.5, 0.6) is 5.88 Å². The molecule has 42 heavy (non-hydrogen) atoms. The Kier molecular flexibility index (Phi) is 7.03. The first-order valence-corrected chi connectivity index (χ1v) is 15.6. The van der Waals surface area contributed by atoms with Gasteiger partial charge in [0.1, 0.15) is 12.2 Å². The molecule has 5 heterocycles. The molecule has 0 amide bonds. The molecule has 1 aromatic carbocycles. The van der Waals surface area contributed by atoms with E-state index >= 15 is 0 Å². The third-order valence-electron chi connectivity index (χ3n) is 7.97. The average molecular weight is 622 g/mol. The van der Waals surface area contributed by atoms with Crippen molar-refractivity contribution in [2.75, 3.05) is 18.9 Å². The first-order valence-electron chi connectivity index (χ1n) is 13.8. The molecule has 4 aliphatic rings. The summed E-state index contributed by atoms with van der Waals surface area (Å²) in [5.74, 6) is 0.275. The Hall–Kier alpha value is -3.00. The van der Waals surface area contributed by atoms with Gasteiger partial charge in [0, 0.05) is 11.4 Å². The number of halogens is 1. The lowest BCUT2D eigenvalue weighted by Gasteiger charge is -2.30. The number of imidazole rings is 1. The monoisotopic (exact) mass is 621 g/mol. The number of phosphoric ester groups is 1. The van der Waals surface area contributed by atoms with Crippen molar-refractivity contribution >= 4 is 42.7 Å². The Bertz CT molecular complexity index is 1570. The zero-order chi connectivity index (χ0) is 29.1. The van der Waals surface area contributed by atoms with Gasteiger partial charge < -0.3 is 24.7 Å². The highest BCUT2D eigenvalue weighted by atomic mass is 35.5. The summed E-state index contributed by atoms with van der Waals surface area (Å²) in [6.07, 6.45) is 1.80. The third-order valence-corrected chi connectivity index (χ3v) is 9.68. The van der Waals surface area contributed by atoms with E-state index in [2.05, 4.69) is 15.0 Å². The molecule has 1 aliphatic carbocycles. The maximum Gasteiger partial charge on any atom is 0.509 e. The van der Waals surface area contributed by atoms with Gasteiger partial charge in [-0.1, -0.05) is 23.7 Å². The van der Waals surface area contributed by atoms with E-state index in [1.54, 1.807) is 29.7 Å². The SMILES string of the molecule is CC12OC(=O)OC1C(COP1(=O)OCCC(c3cccc(Cl)c3)O1)OC2n1cnc2c(OC3CCCC3)nc(N)nc21. The number of carbonyl (C=O) groups is 1. The van der Waals surface area contributed by atoms with Gasteiger partial charge in [0.2, 0.25) is 11.8 Å². The Morgan fingerprint density at radius 1 is 1.24 bits per heavy atom. The Balaban J connectivity index is 1.13. The number of ether oxygens (including phenoxy) is 4. The predicted octanol–water partition coefficient (Wildman–Crippen LogP) is 4.88. The van der Waals surface area contributed by atoms with Gasteiger partial charge in [0.25, 0.3) is 0 Å². The van der Waals surface area contributed by atoms with Crippen molar-refractivity contribution in [3.63, 3.8) is 0 Å². The van der Waals surface area contributed by atoms with Gasteiger partial charge in [0.05, 0.1) is 25.6 Å². The molecule has 3 aromatic rings. The lowest BCUT2D eigenvalue weighted by molar-refractivity contribution is -0.0925.